The molecule has 0 aliphatic carbocycles. The lowest BCUT2D eigenvalue weighted by Gasteiger charge is -2.41. The minimum atomic E-state index is -0.657. The summed E-state index contributed by atoms with van der Waals surface area (Å²) in [6.45, 7) is 8.56. The average molecular weight is 329 g/mol. The SMILES string of the molecule is C[C@H]1CN(C)CCN1C(=O)C(C)(C)n1cc(Br)cn1. The first kappa shape index (κ1) is 14.5. The fourth-order valence-corrected chi connectivity index (χ4v) is 2.78. The molecular weight excluding hydrogens is 308 g/mol. The van der Waals surface area contributed by atoms with Crippen molar-refractivity contribution in [3.63, 3.8) is 0 Å². The first-order valence-corrected chi connectivity index (χ1v) is 7.32. The molecule has 0 saturated carbocycles. The monoisotopic (exact) mass is 328 g/mol. The number of aromatic nitrogens is 2. The predicted molar refractivity (Wildman–Crippen MR) is 77.9 cm³/mol. The molecule has 1 fully saturated rings. The van der Waals surface area contributed by atoms with Crippen molar-refractivity contribution >= 4 is 21.8 Å². The number of amides is 1. The van der Waals surface area contributed by atoms with Crippen molar-refractivity contribution in [3.05, 3.63) is 16.9 Å². The predicted octanol–water partition coefficient (Wildman–Crippen LogP) is 1.54. The van der Waals surface area contributed by atoms with Crippen LogP contribution in [0.3, 0.4) is 0 Å². The van der Waals surface area contributed by atoms with Crippen molar-refractivity contribution in [1.82, 2.24) is 19.6 Å². The molecule has 1 saturated heterocycles. The topological polar surface area (TPSA) is 41.4 Å². The molecule has 0 bridgehead atoms. The average Bonchev–Trinajstić information content (AvgIpc) is 2.76. The number of hydrogen-bond acceptors (Lipinski definition) is 3. The van der Waals surface area contributed by atoms with Crippen LogP contribution in [0, 0.1) is 0 Å². The van der Waals surface area contributed by atoms with Gasteiger partial charge in [-0.15, -0.1) is 0 Å². The van der Waals surface area contributed by atoms with E-state index in [2.05, 4.69) is 39.9 Å². The van der Waals surface area contributed by atoms with Crippen LogP contribution in [0.4, 0.5) is 0 Å². The van der Waals surface area contributed by atoms with Crippen LogP contribution in [-0.4, -0.2) is 58.2 Å². The minimum absolute atomic E-state index is 0.128. The third-order valence-corrected chi connectivity index (χ3v) is 4.15. The number of halogens is 1. The van der Waals surface area contributed by atoms with Crippen LogP contribution < -0.4 is 0 Å². The minimum Gasteiger partial charge on any atom is -0.335 e. The normalized spacial score (nSPS) is 21.7. The quantitative estimate of drug-likeness (QED) is 0.827. The lowest BCUT2D eigenvalue weighted by atomic mass is 10.0. The van der Waals surface area contributed by atoms with Crippen LogP contribution >= 0.6 is 15.9 Å². The van der Waals surface area contributed by atoms with Gasteiger partial charge in [0.25, 0.3) is 0 Å². The fourth-order valence-electron chi connectivity index (χ4n) is 2.50. The van der Waals surface area contributed by atoms with Gasteiger partial charge in [-0.05, 0) is 43.7 Å². The van der Waals surface area contributed by atoms with Gasteiger partial charge in [0.15, 0.2) is 0 Å². The molecule has 2 rings (SSSR count). The van der Waals surface area contributed by atoms with Gasteiger partial charge in [0.05, 0.1) is 10.7 Å². The molecule has 0 N–H and O–H groups in total. The molecule has 0 radical (unpaired) electrons. The van der Waals surface area contributed by atoms with Crippen molar-refractivity contribution in [1.29, 1.82) is 0 Å². The highest BCUT2D eigenvalue weighted by Gasteiger charge is 2.38. The highest BCUT2D eigenvalue weighted by atomic mass is 79.9. The van der Waals surface area contributed by atoms with Gasteiger partial charge in [0.1, 0.15) is 5.54 Å². The van der Waals surface area contributed by atoms with E-state index in [0.29, 0.717) is 0 Å². The summed E-state index contributed by atoms with van der Waals surface area (Å²) >= 11 is 3.37. The second-order valence-electron chi connectivity index (χ2n) is 5.77. The molecule has 1 amide bonds. The molecule has 0 aromatic carbocycles. The van der Waals surface area contributed by atoms with Crippen molar-refractivity contribution in [3.8, 4) is 0 Å². The molecule has 1 aromatic rings. The number of rotatable bonds is 2. The Labute approximate surface area is 122 Å². The van der Waals surface area contributed by atoms with Crippen LogP contribution in [-0.2, 0) is 10.3 Å². The van der Waals surface area contributed by atoms with Crippen LogP contribution in [0.1, 0.15) is 20.8 Å². The Morgan fingerprint density at radius 1 is 1.47 bits per heavy atom. The molecule has 106 valence electrons. The fraction of sp³-hybridized carbons (Fsp3) is 0.692. The van der Waals surface area contributed by atoms with Crippen molar-refractivity contribution in [2.75, 3.05) is 26.7 Å². The summed E-state index contributed by atoms with van der Waals surface area (Å²) in [5, 5.41) is 4.26. The van der Waals surface area contributed by atoms with Crippen molar-refractivity contribution in [2.45, 2.75) is 32.4 Å². The number of carbonyl (C=O) groups is 1. The maximum Gasteiger partial charge on any atom is 0.250 e. The molecule has 1 aromatic heterocycles. The Kier molecular flexibility index (Phi) is 4.01. The van der Waals surface area contributed by atoms with Crippen LogP contribution in [0.15, 0.2) is 16.9 Å². The number of carbonyl (C=O) groups excluding carboxylic acids is 1. The van der Waals surface area contributed by atoms with E-state index in [1.54, 1.807) is 10.9 Å². The Morgan fingerprint density at radius 3 is 2.68 bits per heavy atom. The summed E-state index contributed by atoms with van der Waals surface area (Å²) in [7, 11) is 2.09. The van der Waals surface area contributed by atoms with Gasteiger partial charge in [0, 0.05) is 31.9 Å². The first-order valence-electron chi connectivity index (χ1n) is 6.52. The Hall–Kier alpha value is -0.880. The molecular formula is C13H21BrN4O. The molecule has 0 spiro atoms. The number of hydrogen-bond donors (Lipinski definition) is 0. The third kappa shape index (κ3) is 2.84. The Bertz CT molecular complexity index is 471. The number of nitrogens with zero attached hydrogens (tertiary/aromatic N) is 4. The largest absolute Gasteiger partial charge is 0.335 e. The van der Waals surface area contributed by atoms with Crippen LogP contribution in [0.25, 0.3) is 0 Å². The lowest BCUT2D eigenvalue weighted by molar-refractivity contribution is -0.144. The van der Waals surface area contributed by atoms with Gasteiger partial charge in [-0.3, -0.25) is 9.48 Å². The Balaban J connectivity index is 2.18. The lowest BCUT2D eigenvalue weighted by Crippen LogP contribution is -2.58. The van der Waals surface area contributed by atoms with Crippen LogP contribution in [0.5, 0.6) is 0 Å². The van der Waals surface area contributed by atoms with Gasteiger partial charge in [-0.1, -0.05) is 0 Å². The molecule has 1 aliphatic rings. The number of likely N-dealkylation sites (N-methyl/N-ethyl adjacent to an activating group) is 1. The van der Waals surface area contributed by atoms with Crippen LogP contribution in [0.2, 0.25) is 0 Å². The third-order valence-electron chi connectivity index (χ3n) is 3.74. The van der Waals surface area contributed by atoms with E-state index in [9.17, 15) is 4.79 Å². The summed E-state index contributed by atoms with van der Waals surface area (Å²) in [5.74, 6) is 0.128. The summed E-state index contributed by atoms with van der Waals surface area (Å²) in [6.07, 6.45) is 3.56. The van der Waals surface area contributed by atoms with E-state index in [0.717, 1.165) is 24.1 Å². The molecule has 1 aliphatic heterocycles. The van der Waals surface area contributed by atoms with E-state index in [4.69, 9.17) is 0 Å². The van der Waals surface area contributed by atoms with Crippen molar-refractivity contribution in [2.24, 2.45) is 0 Å². The van der Waals surface area contributed by atoms with Gasteiger partial charge < -0.3 is 9.80 Å². The first-order chi connectivity index (χ1) is 8.82. The maximum absolute atomic E-state index is 12.8. The smallest absolute Gasteiger partial charge is 0.250 e. The maximum atomic E-state index is 12.8. The summed E-state index contributed by atoms with van der Waals surface area (Å²) in [4.78, 5) is 17.0. The summed E-state index contributed by atoms with van der Waals surface area (Å²) < 4.78 is 2.62. The second kappa shape index (κ2) is 5.25. The van der Waals surface area contributed by atoms with E-state index >= 15 is 0 Å². The Morgan fingerprint density at radius 2 is 2.16 bits per heavy atom. The standard InChI is InChI=1S/C13H21BrN4O/c1-10-8-16(4)5-6-17(10)12(19)13(2,3)18-9-11(14)7-15-18/h7,9-10H,5-6,8H2,1-4H3/t10-/m0/s1. The zero-order valence-corrected chi connectivity index (χ0v) is 13.5. The molecule has 1 atom stereocenters. The van der Waals surface area contributed by atoms with Gasteiger partial charge in [-0.2, -0.15) is 5.10 Å². The molecule has 19 heavy (non-hydrogen) atoms. The summed E-state index contributed by atoms with van der Waals surface area (Å²) in [5.41, 5.74) is -0.657. The van der Waals surface area contributed by atoms with Gasteiger partial charge in [0.2, 0.25) is 5.91 Å². The van der Waals surface area contributed by atoms with E-state index in [1.165, 1.54) is 0 Å². The zero-order chi connectivity index (χ0) is 14.2. The molecule has 2 heterocycles. The molecule has 5 nitrogen and oxygen atoms in total. The zero-order valence-electron chi connectivity index (χ0n) is 11.9. The van der Waals surface area contributed by atoms with Gasteiger partial charge in [-0.25, -0.2) is 0 Å². The second-order valence-corrected chi connectivity index (χ2v) is 6.69. The molecule has 0 unspecified atom stereocenters. The van der Waals surface area contributed by atoms with Gasteiger partial charge >= 0.3 is 0 Å². The number of piperazine rings is 1. The highest BCUT2D eigenvalue weighted by molar-refractivity contribution is 9.10. The van der Waals surface area contributed by atoms with E-state index < -0.39 is 5.54 Å². The van der Waals surface area contributed by atoms with E-state index in [1.807, 2.05) is 24.9 Å². The summed E-state index contributed by atoms with van der Waals surface area (Å²) in [6, 6.07) is 0.240. The molecule has 6 heteroatoms. The van der Waals surface area contributed by atoms with E-state index in [-0.39, 0.29) is 11.9 Å². The highest BCUT2D eigenvalue weighted by Crippen LogP contribution is 2.22. The van der Waals surface area contributed by atoms with Crippen molar-refractivity contribution < 1.29 is 4.79 Å².